The maximum absolute atomic E-state index is 12.6. The summed E-state index contributed by atoms with van der Waals surface area (Å²) in [5, 5.41) is 13.6. The fourth-order valence-electron chi connectivity index (χ4n) is 3.02. The summed E-state index contributed by atoms with van der Waals surface area (Å²) >= 11 is 0. The molecule has 24 heavy (non-hydrogen) atoms. The molecule has 1 N–H and O–H groups in total. The number of aromatic nitrogens is 2. The highest BCUT2D eigenvalue weighted by atomic mass is 16.3. The number of amides is 1. The van der Waals surface area contributed by atoms with Gasteiger partial charge in [0.2, 0.25) is 0 Å². The summed E-state index contributed by atoms with van der Waals surface area (Å²) < 4.78 is 1.86. The smallest absolute Gasteiger partial charge is 0.253 e. The number of benzene rings is 1. The molecule has 1 atom stereocenters. The molecule has 0 unspecified atom stereocenters. The van der Waals surface area contributed by atoms with E-state index >= 15 is 0 Å². The summed E-state index contributed by atoms with van der Waals surface area (Å²) in [6.07, 6.45) is 3.36. The lowest BCUT2D eigenvalue weighted by molar-refractivity contribution is 0.0554. The average molecular weight is 328 g/mol. The molecule has 1 saturated heterocycles. The van der Waals surface area contributed by atoms with Crippen LogP contribution >= 0.6 is 0 Å². The molecular formula is C18H24N4O2. The van der Waals surface area contributed by atoms with Gasteiger partial charge in [-0.2, -0.15) is 5.10 Å². The fraction of sp³-hybridized carbons (Fsp3) is 0.444. The number of aliphatic hydroxyl groups excluding tert-OH is 1. The zero-order valence-electron chi connectivity index (χ0n) is 14.0. The van der Waals surface area contributed by atoms with E-state index < -0.39 is 0 Å². The average Bonchev–Trinajstić information content (AvgIpc) is 3.08. The Morgan fingerprint density at radius 2 is 1.92 bits per heavy atom. The van der Waals surface area contributed by atoms with Gasteiger partial charge in [0.25, 0.3) is 5.91 Å². The molecule has 1 amide bonds. The van der Waals surface area contributed by atoms with Gasteiger partial charge in [-0.3, -0.25) is 14.4 Å². The van der Waals surface area contributed by atoms with Crippen LogP contribution in [0, 0.1) is 0 Å². The van der Waals surface area contributed by atoms with Crippen LogP contribution in [0.15, 0.2) is 42.7 Å². The van der Waals surface area contributed by atoms with Crippen LogP contribution in [0.3, 0.4) is 0 Å². The van der Waals surface area contributed by atoms with Crippen LogP contribution in [0.25, 0.3) is 0 Å². The molecular weight excluding hydrogens is 304 g/mol. The summed E-state index contributed by atoms with van der Waals surface area (Å²) in [5.41, 5.74) is 1.85. The van der Waals surface area contributed by atoms with Gasteiger partial charge in [-0.1, -0.05) is 12.1 Å². The number of rotatable bonds is 5. The minimum atomic E-state index is -0.324. The van der Waals surface area contributed by atoms with Crippen molar-refractivity contribution in [3.05, 3.63) is 53.9 Å². The fourth-order valence-corrected chi connectivity index (χ4v) is 3.02. The summed E-state index contributed by atoms with van der Waals surface area (Å²) in [5.74, 6) is 0.0809. The first-order valence-corrected chi connectivity index (χ1v) is 8.38. The van der Waals surface area contributed by atoms with Crippen molar-refractivity contribution in [3.63, 3.8) is 0 Å². The van der Waals surface area contributed by atoms with Gasteiger partial charge in [-0.25, -0.2) is 0 Å². The van der Waals surface area contributed by atoms with Crippen molar-refractivity contribution >= 4 is 5.91 Å². The molecule has 1 aliphatic rings. The van der Waals surface area contributed by atoms with E-state index in [1.807, 2.05) is 46.1 Å². The minimum absolute atomic E-state index is 0.0809. The van der Waals surface area contributed by atoms with E-state index in [4.69, 9.17) is 0 Å². The second-order valence-corrected chi connectivity index (χ2v) is 6.34. The van der Waals surface area contributed by atoms with Crippen molar-refractivity contribution < 1.29 is 9.90 Å². The maximum Gasteiger partial charge on any atom is 0.253 e. The molecule has 0 radical (unpaired) electrons. The van der Waals surface area contributed by atoms with Gasteiger partial charge in [0.05, 0.1) is 12.6 Å². The van der Waals surface area contributed by atoms with Gasteiger partial charge >= 0.3 is 0 Å². The van der Waals surface area contributed by atoms with E-state index in [1.54, 1.807) is 13.1 Å². The lowest BCUT2D eigenvalue weighted by Gasteiger charge is -2.35. The third-order valence-electron chi connectivity index (χ3n) is 4.29. The zero-order valence-corrected chi connectivity index (χ0v) is 14.0. The van der Waals surface area contributed by atoms with Gasteiger partial charge < -0.3 is 10.0 Å². The number of nitrogens with zero attached hydrogens (tertiary/aromatic N) is 4. The highest BCUT2D eigenvalue weighted by molar-refractivity contribution is 5.94. The van der Waals surface area contributed by atoms with E-state index in [0.717, 1.165) is 24.2 Å². The molecule has 128 valence electrons. The second kappa shape index (κ2) is 7.59. The van der Waals surface area contributed by atoms with Crippen LogP contribution in [-0.2, 0) is 6.54 Å². The van der Waals surface area contributed by atoms with E-state index in [0.29, 0.717) is 26.2 Å². The number of carbonyl (C=O) groups excluding carboxylic acids is 1. The Labute approximate surface area is 142 Å². The lowest BCUT2D eigenvalue weighted by Crippen LogP contribution is -2.50. The van der Waals surface area contributed by atoms with Crippen LogP contribution in [0.2, 0.25) is 0 Å². The third kappa shape index (κ3) is 4.21. The molecule has 0 saturated carbocycles. The van der Waals surface area contributed by atoms with Crippen LogP contribution in [0.4, 0.5) is 0 Å². The van der Waals surface area contributed by atoms with Gasteiger partial charge in [-0.15, -0.1) is 0 Å². The summed E-state index contributed by atoms with van der Waals surface area (Å²) in [4.78, 5) is 16.7. The second-order valence-electron chi connectivity index (χ2n) is 6.34. The zero-order chi connectivity index (χ0) is 16.9. The predicted molar refractivity (Wildman–Crippen MR) is 91.8 cm³/mol. The topological polar surface area (TPSA) is 61.6 Å². The first-order valence-electron chi connectivity index (χ1n) is 8.38. The highest BCUT2D eigenvalue weighted by Gasteiger charge is 2.22. The van der Waals surface area contributed by atoms with Gasteiger partial charge in [0.15, 0.2) is 0 Å². The van der Waals surface area contributed by atoms with Crippen molar-refractivity contribution in [2.24, 2.45) is 0 Å². The van der Waals surface area contributed by atoms with E-state index in [-0.39, 0.29) is 12.0 Å². The van der Waals surface area contributed by atoms with Gasteiger partial charge in [-0.05, 0) is 30.7 Å². The molecule has 3 rings (SSSR count). The minimum Gasteiger partial charge on any atom is -0.392 e. The van der Waals surface area contributed by atoms with Crippen LogP contribution in [0.5, 0.6) is 0 Å². The monoisotopic (exact) mass is 328 g/mol. The van der Waals surface area contributed by atoms with Gasteiger partial charge in [0.1, 0.15) is 0 Å². The first kappa shape index (κ1) is 16.7. The number of aliphatic hydroxyl groups is 1. The number of carbonyl (C=O) groups is 1. The van der Waals surface area contributed by atoms with Crippen molar-refractivity contribution in [2.45, 2.75) is 19.6 Å². The number of piperazine rings is 1. The Kier molecular flexibility index (Phi) is 5.27. The standard InChI is InChI=1S/C18H24N4O2/c1-15(23)13-20-9-11-21(12-10-20)18(24)17-5-3-16(4-6-17)14-22-8-2-7-19-22/h2-8,15,23H,9-14H2,1H3/t15-/m0/s1. The highest BCUT2D eigenvalue weighted by Crippen LogP contribution is 2.11. The molecule has 1 aromatic carbocycles. The molecule has 2 aromatic rings. The molecule has 6 heteroatoms. The molecule has 2 heterocycles. The molecule has 6 nitrogen and oxygen atoms in total. The Morgan fingerprint density at radius 1 is 1.21 bits per heavy atom. The van der Waals surface area contributed by atoms with E-state index in [1.165, 1.54) is 0 Å². The van der Waals surface area contributed by atoms with Gasteiger partial charge in [0, 0.05) is 50.7 Å². The molecule has 1 aromatic heterocycles. The van der Waals surface area contributed by atoms with E-state index in [2.05, 4.69) is 10.00 Å². The molecule has 0 bridgehead atoms. The summed E-state index contributed by atoms with van der Waals surface area (Å²) in [6, 6.07) is 9.65. The van der Waals surface area contributed by atoms with Crippen LogP contribution in [0.1, 0.15) is 22.8 Å². The molecule has 0 spiro atoms. The Morgan fingerprint density at radius 3 is 2.50 bits per heavy atom. The Bertz CT molecular complexity index is 644. The summed E-state index contributed by atoms with van der Waals surface area (Å²) in [7, 11) is 0. The normalized spacial score (nSPS) is 17.0. The lowest BCUT2D eigenvalue weighted by atomic mass is 10.1. The van der Waals surface area contributed by atoms with Crippen LogP contribution in [-0.4, -0.2) is 69.4 Å². The molecule has 0 aliphatic carbocycles. The SMILES string of the molecule is C[C@H](O)CN1CCN(C(=O)c2ccc(Cn3cccn3)cc2)CC1. The largest absolute Gasteiger partial charge is 0.392 e. The number of hydrogen-bond donors (Lipinski definition) is 1. The number of hydrogen-bond acceptors (Lipinski definition) is 4. The predicted octanol–water partition coefficient (Wildman–Crippen LogP) is 1.07. The van der Waals surface area contributed by atoms with Crippen molar-refractivity contribution in [3.8, 4) is 0 Å². The quantitative estimate of drug-likeness (QED) is 0.892. The number of β-amino-alcohol motifs (C(OH)–C–C–N with tert-alkyl or cyclic N) is 1. The molecule has 1 fully saturated rings. The Hall–Kier alpha value is -2.18. The Balaban J connectivity index is 1.55. The van der Waals surface area contributed by atoms with Crippen LogP contribution < -0.4 is 0 Å². The summed E-state index contributed by atoms with van der Waals surface area (Å²) in [6.45, 7) is 6.22. The van der Waals surface area contributed by atoms with Crippen molar-refractivity contribution in [2.75, 3.05) is 32.7 Å². The van der Waals surface area contributed by atoms with E-state index in [9.17, 15) is 9.90 Å². The van der Waals surface area contributed by atoms with Crippen molar-refractivity contribution in [1.29, 1.82) is 0 Å². The van der Waals surface area contributed by atoms with Crippen molar-refractivity contribution in [1.82, 2.24) is 19.6 Å². The third-order valence-corrected chi connectivity index (χ3v) is 4.29. The maximum atomic E-state index is 12.6. The first-order chi connectivity index (χ1) is 11.6. The molecule has 1 aliphatic heterocycles.